The van der Waals surface area contributed by atoms with Crippen molar-refractivity contribution in [2.45, 2.75) is 40.2 Å². The molecule has 0 aliphatic rings. The highest BCUT2D eigenvalue weighted by Crippen LogP contribution is 2.19. The number of nitrogens with zero attached hydrogens (tertiary/aromatic N) is 4. The highest BCUT2D eigenvalue weighted by molar-refractivity contribution is 5.79. The van der Waals surface area contributed by atoms with Gasteiger partial charge in [-0.3, -0.25) is 4.79 Å². The van der Waals surface area contributed by atoms with Crippen molar-refractivity contribution >= 4 is 11.7 Å². The van der Waals surface area contributed by atoms with E-state index in [2.05, 4.69) is 20.4 Å². The number of nitrogens with one attached hydrogen (secondary N) is 1. The van der Waals surface area contributed by atoms with Crippen LogP contribution in [0.25, 0.3) is 17.2 Å². The molecule has 0 aliphatic carbocycles. The molecule has 0 saturated carbocycles. The van der Waals surface area contributed by atoms with Gasteiger partial charge in [0, 0.05) is 28.6 Å². The summed E-state index contributed by atoms with van der Waals surface area (Å²) in [5, 5.41) is 7.48. The molecule has 0 unspecified atom stereocenters. The molecule has 0 atom stereocenters. The molecule has 3 aromatic rings. The van der Waals surface area contributed by atoms with Crippen molar-refractivity contribution in [3.63, 3.8) is 0 Å². The Hall–Kier alpha value is -2.76. The minimum atomic E-state index is -0.0132. The first kappa shape index (κ1) is 16.1. The van der Waals surface area contributed by atoms with Gasteiger partial charge in [0.15, 0.2) is 5.82 Å². The largest absolute Gasteiger partial charge is 0.354 e. The summed E-state index contributed by atoms with van der Waals surface area (Å²) in [5.74, 6) is 1.17. The smallest absolute Gasteiger partial charge is 0.253 e. The Morgan fingerprint density at radius 1 is 1.17 bits per heavy atom. The Bertz CT molecular complexity index is 883. The van der Waals surface area contributed by atoms with Crippen LogP contribution in [0.2, 0.25) is 0 Å². The molecule has 0 radical (unpaired) electrons. The number of aromatic nitrogens is 4. The maximum atomic E-state index is 12.1. The molecule has 0 spiro atoms. The zero-order valence-electron chi connectivity index (χ0n) is 14.4. The number of hydrogen-bond acceptors (Lipinski definition) is 4. The SMILES string of the molecule is Cc1nc2nc(-c3ccccc3)nn2c(C)c1CC(=O)NC(C)C. The average molecular weight is 323 g/mol. The van der Waals surface area contributed by atoms with Gasteiger partial charge < -0.3 is 5.32 Å². The Balaban J connectivity index is 2.02. The molecule has 0 bridgehead atoms. The molecule has 2 aromatic heterocycles. The summed E-state index contributed by atoms with van der Waals surface area (Å²) in [5.41, 5.74) is 3.54. The van der Waals surface area contributed by atoms with Gasteiger partial charge in [0.2, 0.25) is 5.91 Å². The third-order valence-electron chi connectivity index (χ3n) is 3.87. The minimum absolute atomic E-state index is 0.0132. The van der Waals surface area contributed by atoms with Crippen LogP contribution in [0.1, 0.15) is 30.8 Å². The van der Waals surface area contributed by atoms with Gasteiger partial charge in [-0.25, -0.2) is 9.50 Å². The van der Waals surface area contributed by atoms with Gasteiger partial charge in [-0.05, 0) is 27.7 Å². The van der Waals surface area contributed by atoms with E-state index in [1.807, 2.05) is 58.0 Å². The van der Waals surface area contributed by atoms with Crippen molar-refractivity contribution in [1.29, 1.82) is 0 Å². The van der Waals surface area contributed by atoms with E-state index in [1.54, 1.807) is 4.52 Å². The normalized spacial score (nSPS) is 11.2. The van der Waals surface area contributed by atoms with Crippen LogP contribution >= 0.6 is 0 Å². The fourth-order valence-corrected chi connectivity index (χ4v) is 2.71. The lowest BCUT2D eigenvalue weighted by Gasteiger charge is -2.12. The molecular formula is C18H21N5O. The minimum Gasteiger partial charge on any atom is -0.354 e. The molecule has 2 heterocycles. The summed E-state index contributed by atoms with van der Waals surface area (Å²) in [6.45, 7) is 7.75. The van der Waals surface area contributed by atoms with Crippen molar-refractivity contribution in [2.75, 3.05) is 0 Å². The van der Waals surface area contributed by atoms with Crippen LogP contribution in [0.15, 0.2) is 30.3 Å². The first-order valence-electron chi connectivity index (χ1n) is 8.03. The van der Waals surface area contributed by atoms with E-state index in [9.17, 15) is 4.79 Å². The van der Waals surface area contributed by atoms with E-state index in [0.29, 0.717) is 18.0 Å². The summed E-state index contributed by atoms with van der Waals surface area (Å²) in [6.07, 6.45) is 0.291. The third kappa shape index (κ3) is 3.13. The summed E-state index contributed by atoms with van der Waals surface area (Å²) >= 11 is 0. The number of hydrogen-bond donors (Lipinski definition) is 1. The van der Waals surface area contributed by atoms with E-state index < -0.39 is 0 Å². The fraction of sp³-hybridized carbons (Fsp3) is 0.333. The lowest BCUT2D eigenvalue weighted by Crippen LogP contribution is -2.32. The molecule has 1 amide bonds. The Morgan fingerprint density at radius 2 is 1.88 bits per heavy atom. The second kappa shape index (κ2) is 6.39. The lowest BCUT2D eigenvalue weighted by atomic mass is 10.1. The molecule has 6 heteroatoms. The summed E-state index contributed by atoms with van der Waals surface area (Å²) < 4.78 is 1.72. The summed E-state index contributed by atoms with van der Waals surface area (Å²) in [6, 6.07) is 9.91. The summed E-state index contributed by atoms with van der Waals surface area (Å²) in [7, 11) is 0. The van der Waals surface area contributed by atoms with E-state index in [4.69, 9.17) is 0 Å². The first-order chi connectivity index (χ1) is 11.5. The van der Waals surface area contributed by atoms with Crippen molar-refractivity contribution < 1.29 is 4.79 Å². The predicted octanol–water partition coefficient (Wildman–Crippen LogP) is 2.48. The van der Waals surface area contributed by atoms with Crippen LogP contribution in [0.4, 0.5) is 0 Å². The highest BCUT2D eigenvalue weighted by Gasteiger charge is 2.16. The Labute approximate surface area is 141 Å². The maximum Gasteiger partial charge on any atom is 0.253 e. The van der Waals surface area contributed by atoms with Gasteiger partial charge in [-0.2, -0.15) is 4.98 Å². The number of amides is 1. The number of benzene rings is 1. The van der Waals surface area contributed by atoms with Gasteiger partial charge in [-0.1, -0.05) is 30.3 Å². The molecular weight excluding hydrogens is 302 g/mol. The number of carbonyl (C=O) groups excluding carboxylic acids is 1. The summed E-state index contributed by atoms with van der Waals surface area (Å²) in [4.78, 5) is 21.1. The van der Waals surface area contributed by atoms with E-state index in [0.717, 1.165) is 22.5 Å². The Kier molecular flexibility index (Phi) is 4.29. The van der Waals surface area contributed by atoms with Crippen LogP contribution in [-0.4, -0.2) is 31.5 Å². The standard InChI is InChI=1S/C18H21N5O/c1-11(2)19-16(24)10-15-12(3)20-18-21-17(22-23(18)13(15)4)14-8-6-5-7-9-14/h5-9,11H,10H2,1-4H3,(H,19,24). The molecule has 1 aromatic carbocycles. The number of fused-ring (bicyclic) bond motifs is 1. The van der Waals surface area contributed by atoms with Crippen molar-refractivity contribution in [3.8, 4) is 11.4 Å². The van der Waals surface area contributed by atoms with E-state index >= 15 is 0 Å². The molecule has 24 heavy (non-hydrogen) atoms. The second-order valence-corrected chi connectivity index (χ2v) is 6.17. The molecule has 6 nitrogen and oxygen atoms in total. The van der Waals surface area contributed by atoms with Crippen LogP contribution in [0.5, 0.6) is 0 Å². The molecule has 1 N–H and O–H groups in total. The fourth-order valence-electron chi connectivity index (χ4n) is 2.71. The highest BCUT2D eigenvalue weighted by atomic mass is 16.1. The van der Waals surface area contributed by atoms with Gasteiger partial charge in [0.05, 0.1) is 6.42 Å². The van der Waals surface area contributed by atoms with Gasteiger partial charge >= 0.3 is 0 Å². The zero-order valence-corrected chi connectivity index (χ0v) is 14.4. The molecule has 0 saturated heterocycles. The quantitative estimate of drug-likeness (QED) is 0.800. The second-order valence-electron chi connectivity index (χ2n) is 6.17. The zero-order chi connectivity index (χ0) is 17.3. The Morgan fingerprint density at radius 3 is 2.54 bits per heavy atom. The van der Waals surface area contributed by atoms with Crippen molar-refractivity contribution in [3.05, 3.63) is 47.3 Å². The van der Waals surface area contributed by atoms with Crippen LogP contribution < -0.4 is 5.32 Å². The molecule has 3 rings (SSSR count). The number of rotatable bonds is 4. The topological polar surface area (TPSA) is 72.2 Å². The third-order valence-corrected chi connectivity index (χ3v) is 3.87. The molecule has 0 aliphatic heterocycles. The van der Waals surface area contributed by atoms with Crippen LogP contribution in [0, 0.1) is 13.8 Å². The average Bonchev–Trinajstić information content (AvgIpc) is 2.95. The molecule has 124 valence electrons. The van der Waals surface area contributed by atoms with Crippen molar-refractivity contribution in [2.24, 2.45) is 0 Å². The van der Waals surface area contributed by atoms with Gasteiger partial charge in [-0.15, -0.1) is 5.10 Å². The van der Waals surface area contributed by atoms with E-state index in [1.165, 1.54) is 0 Å². The number of aryl methyl sites for hydroxylation is 2. The lowest BCUT2D eigenvalue weighted by molar-refractivity contribution is -0.120. The van der Waals surface area contributed by atoms with Gasteiger partial charge in [0.25, 0.3) is 5.78 Å². The first-order valence-corrected chi connectivity index (χ1v) is 8.03. The monoisotopic (exact) mass is 323 g/mol. The van der Waals surface area contributed by atoms with Crippen molar-refractivity contribution in [1.82, 2.24) is 24.9 Å². The maximum absolute atomic E-state index is 12.1. The number of carbonyl (C=O) groups is 1. The van der Waals surface area contributed by atoms with E-state index in [-0.39, 0.29) is 11.9 Å². The molecule has 0 fully saturated rings. The van der Waals surface area contributed by atoms with Crippen LogP contribution in [0.3, 0.4) is 0 Å². The van der Waals surface area contributed by atoms with Crippen LogP contribution in [-0.2, 0) is 11.2 Å². The predicted molar refractivity (Wildman–Crippen MR) is 92.7 cm³/mol. The van der Waals surface area contributed by atoms with Gasteiger partial charge in [0.1, 0.15) is 0 Å².